The van der Waals surface area contributed by atoms with Gasteiger partial charge in [-0.15, -0.1) is 101 Å². The molecule has 0 spiro atoms. The van der Waals surface area contributed by atoms with Crippen molar-refractivity contribution in [2.75, 3.05) is 101 Å². The van der Waals surface area contributed by atoms with E-state index in [9.17, 15) is 66.9 Å². The van der Waals surface area contributed by atoms with Crippen LogP contribution in [-0.4, -0.2) is 156 Å². The van der Waals surface area contributed by atoms with Crippen LogP contribution in [0.15, 0.2) is 129 Å². The van der Waals surface area contributed by atoms with Gasteiger partial charge in [0.05, 0.1) is 101 Å². The van der Waals surface area contributed by atoms with Crippen molar-refractivity contribution in [1.82, 2.24) is 0 Å². The summed E-state index contributed by atoms with van der Waals surface area (Å²) < 4.78 is 276. The molecule has 0 amide bonds. The van der Waals surface area contributed by atoms with E-state index in [2.05, 4.69) is 74.9 Å². The van der Waals surface area contributed by atoms with Crippen molar-refractivity contribution in [2.24, 2.45) is 17.8 Å². The first kappa shape index (κ1) is 138. The normalized spacial score (nSPS) is 14.3. The third-order valence-corrected chi connectivity index (χ3v) is 26.5. The minimum absolute atomic E-state index is 0.0459. The number of unbranched alkanes of at least 4 members (excludes halogenated alkanes) is 3. The van der Waals surface area contributed by atoms with E-state index in [0.717, 1.165) is 44.9 Å². The lowest BCUT2D eigenvalue weighted by Gasteiger charge is -2.28. The number of rotatable bonds is 63. The largest absolute Gasteiger partial charge is 0.647 e. The summed E-state index contributed by atoms with van der Waals surface area (Å²) in [5, 5.41) is 0. The molecule has 762 valence electrons. The van der Waals surface area contributed by atoms with Crippen molar-refractivity contribution in [3.63, 3.8) is 0 Å². The van der Waals surface area contributed by atoms with Crippen LogP contribution in [0.5, 0.6) is 17.2 Å². The van der Waals surface area contributed by atoms with Gasteiger partial charge in [0.25, 0.3) is 0 Å². The highest BCUT2D eigenvalue weighted by molar-refractivity contribution is 7.50. The minimum atomic E-state index is -5.84. The third-order valence-electron chi connectivity index (χ3n) is 15.5. The summed E-state index contributed by atoms with van der Waals surface area (Å²) in [7, 11) is -24.1. The number of alkyl halides is 16. The highest BCUT2D eigenvalue weighted by Gasteiger charge is 2.52. The average Bonchev–Trinajstić information content (AvgIpc) is 0.816. The quantitative estimate of drug-likeness (QED) is 0.0220. The molecule has 0 aliphatic rings. The Balaban J connectivity index is -0.000000353. The Labute approximate surface area is 798 Å². The maximum atomic E-state index is 13.4. The molecule has 0 saturated heterocycles. The summed E-state index contributed by atoms with van der Waals surface area (Å²) in [6.07, 6.45) is -7.35. The molecule has 46 heteroatoms. The molecule has 7 atom stereocenters. The number of halogens is 16. The standard InChI is InChI=1S/C24H51O4P.C18H15O4P.C10H18Cl5O4P.C9H12F9O4P.C9H15O4P.C7H15Cl2O4P.3C2H6/c1-7-13-16-22(10-4)19-26-29(25,27-20-23(11-5)17-14-8-2)28-21-24(12-6)18-15-9-3;19-23(20-16-10-4-1-5-11-16,21-17-12-6-2-7-13-17)22-18-14-8-3-9-15-18;1-2-8(3-11)17-20(16,18-9(4-12)5-13)19-10(6-14)7-15;1-4(7(10,11)12)20-23(19,21-5(2)8(13,14)15)22-6(3)9(16,17)18;1-4-7-11-14(10,12-8-5-2)13-9-6-3;1-2-5-11-14(10,12-6-3-8)13-7-4-9;3*1-2/h22-24H,7-21H2,1-6H3;1-15H;8-10H,2-7H2,1H3;4-6H,1-3H3;4-6H,1-3,7-9H2;2-7H2,1H3;3*1-2H3. The fraction of sp³-hybridized carbons (Fsp3) is 0.711. The van der Waals surface area contributed by atoms with Gasteiger partial charge in [0, 0.05) is 17.6 Å². The summed E-state index contributed by atoms with van der Waals surface area (Å²) in [6.45, 7) is 42.1. The Kier molecular flexibility index (Phi) is 89.4. The van der Waals surface area contributed by atoms with Gasteiger partial charge in [-0.2, -0.15) is 44.1 Å². The molecule has 3 rings (SSSR count). The summed E-state index contributed by atoms with van der Waals surface area (Å²) in [6, 6.07) is 26.4. The van der Waals surface area contributed by atoms with Crippen molar-refractivity contribution in [1.29, 1.82) is 0 Å². The van der Waals surface area contributed by atoms with Crippen LogP contribution in [0.2, 0.25) is 0 Å². The highest BCUT2D eigenvalue weighted by atomic mass is 35.5. The number of hydrogen-bond acceptors (Lipinski definition) is 24. The average molecular weight is 2130 g/mol. The fourth-order valence-corrected chi connectivity index (χ4v) is 18.7. The Bertz CT molecular complexity index is 3090. The van der Waals surface area contributed by atoms with Crippen LogP contribution in [0, 0.1) is 17.8 Å². The van der Waals surface area contributed by atoms with E-state index in [-0.39, 0.29) is 95.0 Å². The Morgan fingerprint density at radius 3 is 0.775 bits per heavy atom. The highest BCUT2D eigenvalue weighted by Crippen LogP contribution is 2.58. The van der Waals surface area contributed by atoms with Gasteiger partial charge in [-0.3, -0.25) is 67.9 Å². The molecule has 0 fully saturated rings. The first-order valence-corrected chi connectivity index (χ1v) is 55.1. The maximum Gasteiger partial charge on any atom is 0.647 e. The van der Waals surface area contributed by atoms with Gasteiger partial charge in [0.2, 0.25) is 0 Å². The van der Waals surface area contributed by atoms with Crippen LogP contribution >= 0.6 is 128 Å². The Hall–Kier alpha value is -1.54. The molecule has 3 aromatic rings. The van der Waals surface area contributed by atoms with Crippen LogP contribution in [-0.2, 0) is 95.2 Å². The second-order valence-corrected chi connectivity index (χ2v) is 37.7. The predicted molar refractivity (Wildman–Crippen MR) is 505 cm³/mol. The molecule has 0 aliphatic heterocycles. The van der Waals surface area contributed by atoms with Gasteiger partial charge in [-0.1, -0.05) is 228 Å². The molecule has 3 aromatic carbocycles. The molecule has 0 saturated carbocycles. The van der Waals surface area contributed by atoms with Gasteiger partial charge in [-0.25, -0.2) is 22.8 Å². The first-order valence-electron chi connectivity index (χ1n) is 42.6. The van der Waals surface area contributed by atoms with Crippen molar-refractivity contribution in [3.8, 4) is 17.2 Å². The molecular weight excluding hydrogens is 1990 g/mol. The number of phosphoric ester groups is 6. The summed E-state index contributed by atoms with van der Waals surface area (Å²) in [5.74, 6) is 3.27. The van der Waals surface area contributed by atoms with Gasteiger partial charge in [0.15, 0.2) is 18.3 Å². The molecular formula is C83H144Cl7F9O24P6. The smallest absolute Gasteiger partial charge is 0.386 e. The second kappa shape index (κ2) is 83.4. The first-order chi connectivity index (χ1) is 60.9. The van der Waals surface area contributed by atoms with Gasteiger partial charge in [-0.05, 0) is 107 Å². The lowest BCUT2D eigenvalue weighted by atomic mass is 10.0. The van der Waals surface area contributed by atoms with E-state index in [1.165, 1.54) is 56.8 Å². The SMILES string of the molecule is C=CCOP(=O)(OCC=C)OCC=C.CC.CC.CC.CC(OP(=O)(OC(C)C(F)(F)F)OC(C)C(F)(F)F)C(F)(F)F.CCC(CCl)OP(=O)(OC(CCl)CCl)OC(CCl)CCl.CCCCC(CC)COP(=O)(OCC(CC)CCCC)OCC(CC)CCCC.CCCOP(=O)(OCCCl)OCCCl.O=P(Oc1ccccc1)(Oc1ccccc1)Oc1ccccc1. The topological polar surface area (TPSA) is 269 Å². The molecule has 0 heterocycles. The molecule has 0 radical (unpaired) electrons. The zero-order valence-electron chi connectivity index (χ0n) is 77.5. The number of phosphoric acid groups is 6. The zero-order valence-corrected chi connectivity index (χ0v) is 88.1. The van der Waals surface area contributed by atoms with Crippen LogP contribution in [0.3, 0.4) is 0 Å². The van der Waals surface area contributed by atoms with Gasteiger partial charge < -0.3 is 13.6 Å². The van der Waals surface area contributed by atoms with Crippen LogP contribution in [0.1, 0.15) is 208 Å². The van der Waals surface area contributed by atoms with E-state index < -0.39 is 102 Å². The van der Waals surface area contributed by atoms with Crippen molar-refractivity contribution >= 4 is 128 Å². The molecule has 0 bridgehead atoms. The molecule has 0 N–H and O–H groups in total. The van der Waals surface area contributed by atoms with E-state index in [1.807, 2.05) is 73.6 Å². The number of benzene rings is 3. The molecule has 0 aliphatic carbocycles. The van der Waals surface area contributed by atoms with E-state index in [4.69, 9.17) is 149 Å². The second-order valence-electron chi connectivity index (χ2n) is 25.9. The van der Waals surface area contributed by atoms with E-state index >= 15 is 0 Å². The van der Waals surface area contributed by atoms with E-state index in [1.54, 1.807) is 72.8 Å². The zero-order chi connectivity index (χ0) is 100. The molecule has 0 aromatic heterocycles. The Morgan fingerprint density at radius 2 is 0.558 bits per heavy atom. The Morgan fingerprint density at radius 1 is 0.318 bits per heavy atom. The number of para-hydroxylation sites is 3. The summed E-state index contributed by atoms with van der Waals surface area (Å²) in [5.41, 5.74) is 0. The van der Waals surface area contributed by atoms with Crippen molar-refractivity contribution < 1.29 is 148 Å². The third kappa shape index (κ3) is 73.3. The molecule has 129 heavy (non-hydrogen) atoms. The van der Waals surface area contributed by atoms with E-state index in [0.29, 0.717) is 67.9 Å². The van der Waals surface area contributed by atoms with Crippen LogP contribution in [0.25, 0.3) is 0 Å². The van der Waals surface area contributed by atoms with Crippen LogP contribution in [0.4, 0.5) is 39.5 Å². The number of hydrogen-bond donors (Lipinski definition) is 0. The minimum Gasteiger partial charge on any atom is -0.386 e. The maximum absolute atomic E-state index is 13.4. The summed E-state index contributed by atoms with van der Waals surface area (Å²) in [4.78, 5) is 0. The fourth-order valence-electron chi connectivity index (χ4n) is 8.30. The molecule has 24 nitrogen and oxygen atoms in total. The van der Waals surface area contributed by atoms with Crippen molar-refractivity contribution in [3.05, 3.63) is 129 Å². The van der Waals surface area contributed by atoms with Gasteiger partial charge in [0.1, 0.15) is 17.2 Å². The lowest BCUT2D eigenvalue weighted by molar-refractivity contribution is -0.223. The van der Waals surface area contributed by atoms with Crippen LogP contribution < -0.4 is 13.6 Å². The van der Waals surface area contributed by atoms with Gasteiger partial charge >= 0.3 is 65.5 Å². The lowest BCUT2D eigenvalue weighted by Crippen LogP contribution is -2.34. The predicted octanol–water partition coefficient (Wildman–Crippen LogP) is 32.8. The van der Waals surface area contributed by atoms with Crippen molar-refractivity contribution in [2.45, 2.75) is 263 Å². The molecule has 7 unspecified atom stereocenters. The monoisotopic (exact) mass is 2130 g/mol. The summed E-state index contributed by atoms with van der Waals surface area (Å²) >= 11 is 39.2.